The molecule has 2 aromatic carbocycles. The van der Waals surface area contributed by atoms with Crippen LogP contribution in [0.5, 0.6) is 5.75 Å². The van der Waals surface area contributed by atoms with Crippen molar-refractivity contribution in [2.24, 2.45) is 0 Å². The van der Waals surface area contributed by atoms with Gasteiger partial charge in [0.25, 0.3) is 0 Å². The number of methoxy groups -OCH3 is 1. The third-order valence-electron chi connectivity index (χ3n) is 13.5. The fourth-order valence-electron chi connectivity index (χ4n) is 10.5. The topological polar surface area (TPSA) is 115 Å². The number of nitrogens with zero attached hydrogens (tertiary/aromatic N) is 4. The Bertz CT molecular complexity index is 2500. The van der Waals surface area contributed by atoms with E-state index in [1.807, 2.05) is 25.7 Å². The van der Waals surface area contributed by atoms with Gasteiger partial charge < -0.3 is 29.2 Å². The maximum atomic E-state index is 18.1. The Labute approximate surface area is 384 Å². The number of hydrogen-bond donors (Lipinski definition) is 1. The van der Waals surface area contributed by atoms with Crippen molar-refractivity contribution in [1.29, 1.82) is 0 Å². The highest BCUT2D eigenvalue weighted by atomic mass is 28.3. The molecule has 11 nitrogen and oxygen atoms in total. The van der Waals surface area contributed by atoms with Gasteiger partial charge in [0.1, 0.15) is 42.4 Å². The van der Waals surface area contributed by atoms with Crippen LogP contribution in [-0.2, 0) is 19.7 Å². The summed E-state index contributed by atoms with van der Waals surface area (Å²) in [4.78, 5) is 41.0. The van der Waals surface area contributed by atoms with Gasteiger partial charge in [0, 0.05) is 48.1 Å². The second kappa shape index (κ2) is 18.0. The van der Waals surface area contributed by atoms with Crippen LogP contribution in [0.4, 0.5) is 24.2 Å². The Hall–Kier alpha value is -5.00. The second-order valence-electron chi connectivity index (χ2n) is 21.1. The lowest BCUT2D eigenvalue weighted by molar-refractivity contribution is 0.0122. The van der Waals surface area contributed by atoms with Crippen molar-refractivity contribution in [2.75, 3.05) is 31.9 Å². The number of anilines is 1. The minimum atomic E-state index is -2.33. The molecule has 0 radical (unpaired) electrons. The highest BCUT2D eigenvalue weighted by molar-refractivity contribution is 6.90. The quantitative estimate of drug-likeness (QED) is 0.0943. The van der Waals surface area contributed by atoms with Crippen molar-refractivity contribution < 1.29 is 37.3 Å². The summed E-state index contributed by atoms with van der Waals surface area (Å²) in [7, 11) is -0.812. The lowest BCUT2D eigenvalue weighted by Crippen LogP contribution is -2.57. The maximum absolute atomic E-state index is 18.1. The van der Waals surface area contributed by atoms with Crippen LogP contribution >= 0.6 is 0 Å². The second-order valence-corrected chi connectivity index (χ2v) is 26.7. The van der Waals surface area contributed by atoms with Gasteiger partial charge in [-0.05, 0) is 120 Å². The molecule has 7 rings (SSSR count). The van der Waals surface area contributed by atoms with E-state index in [2.05, 4.69) is 63.2 Å². The molecular formula is C51H67F2N5O6Si. The lowest BCUT2D eigenvalue weighted by Gasteiger charge is -2.44. The van der Waals surface area contributed by atoms with Crippen LogP contribution in [-0.4, -0.2) is 85.4 Å². The summed E-state index contributed by atoms with van der Waals surface area (Å²) in [6, 6.07) is 7.92. The summed E-state index contributed by atoms with van der Waals surface area (Å²) in [5.74, 6) is 3.10. The normalized spacial score (nSPS) is 18.6. The first-order valence-corrected chi connectivity index (χ1v) is 25.4. The fourth-order valence-corrected chi connectivity index (χ4v) is 15.7. The summed E-state index contributed by atoms with van der Waals surface area (Å²) in [5.41, 5.74) is 3.25. The maximum Gasteiger partial charge on any atom is 0.410 e. The van der Waals surface area contributed by atoms with E-state index < -0.39 is 42.5 Å². The molecular weight excluding hydrogens is 845 g/mol. The lowest BCUT2D eigenvalue weighted by atomic mass is 9.74. The number of ether oxygens (including phenoxy) is 4. The number of aromatic nitrogens is 2. The summed E-state index contributed by atoms with van der Waals surface area (Å²) in [6.07, 6.45) is 4.21. The average molecular weight is 912 g/mol. The van der Waals surface area contributed by atoms with Crippen LogP contribution in [0.1, 0.15) is 126 Å². The summed E-state index contributed by atoms with van der Waals surface area (Å²) in [6.45, 7) is 25.1. The Morgan fingerprint density at radius 2 is 1.54 bits per heavy atom. The minimum Gasteiger partial charge on any atom is -0.468 e. The standard InChI is InChI=1S/C51H67F2N5O6Si/c1-30(2)65(31(3)4,32(5)6)22-19-37-41(52)18-15-33-23-36(62-29-61-13)24-39(43(33)37)45-44(53)38-25-42(51(20-14-21-51)56-47(59)63-49(7,8)9)55-46(40(38)26-54-45)57-27-34-16-17-35(28-57)58(34)48(60)64-50(10,11)12/h15,18,23-26,30-32,34-35H,14,16-17,20-21,27-29H2,1-13H3,(H,56,59). The molecule has 65 heavy (non-hydrogen) atoms. The molecule has 3 aliphatic rings. The zero-order valence-electron chi connectivity index (χ0n) is 40.5. The van der Waals surface area contributed by atoms with Gasteiger partial charge in [0.2, 0.25) is 0 Å². The van der Waals surface area contributed by atoms with Crippen molar-refractivity contribution in [3.05, 3.63) is 59.4 Å². The van der Waals surface area contributed by atoms with Gasteiger partial charge in [-0.1, -0.05) is 53.5 Å². The SMILES string of the molecule is COCOc1cc(-c2ncc3c(N4CC5CCC(C4)N5C(=O)OC(C)(C)C)nc(C4(NC(=O)OC(C)(C)C)CCC4)cc3c2F)c2c(C#C[Si](C(C)C)(C(C)C)C(C)C)c(F)ccc2c1. The van der Waals surface area contributed by atoms with Crippen LogP contribution in [0.25, 0.3) is 32.8 Å². The first-order chi connectivity index (χ1) is 30.5. The number of halogens is 2. The Morgan fingerprint density at radius 1 is 0.908 bits per heavy atom. The van der Waals surface area contributed by atoms with E-state index in [-0.39, 0.29) is 41.6 Å². The summed E-state index contributed by atoms with van der Waals surface area (Å²) >= 11 is 0. The molecule has 0 spiro atoms. The van der Waals surface area contributed by atoms with Crippen LogP contribution < -0.4 is 15.0 Å². The van der Waals surface area contributed by atoms with E-state index in [1.165, 1.54) is 13.2 Å². The highest BCUT2D eigenvalue weighted by Gasteiger charge is 2.47. The smallest absolute Gasteiger partial charge is 0.410 e. The first kappa shape index (κ1) is 47.9. The third-order valence-corrected chi connectivity index (χ3v) is 19.8. The molecule has 350 valence electrons. The molecule has 2 amide bonds. The molecule has 3 fully saturated rings. The number of pyridine rings is 2. The number of nitrogens with one attached hydrogen (secondary N) is 1. The predicted molar refractivity (Wildman–Crippen MR) is 255 cm³/mol. The van der Waals surface area contributed by atoms with Gasteiger partial charge >= 0.3 is 12.2 Å². The number of amides is 2. The van der Waals surface area contributed by atoms with Crippen molar-refractivity contribution in [3.63, 3.8) is 0 Å². The van der Waals surface area contributed by atoms with Gasteiger partial charge in [-0.15, -0.1) is 5.54 Å². The number of piperazine rings is 1. The van der Waals surface area contributed by atoms with Crippen LogP contribution in [0.3, 0.4) is 0 Å². The Balaban J connectivity index is 1.45. The van der Waals surface area contributed by atoms with E-state index in [0.717, 1.165) is 19.3 Å². The van der Waals surface area contributed by atoms with Crippen molar-refractivity contribution in [2.45, 2.75) is 161 Å². The Morgan fingerprint density at radius 3 is 2.09 bits per heavy atom. The van der Waals surface area contributed by atoms with Gasteiger partial charge in [-0.2, -0.15) is 0 Å². The minimum absolute atomic E-state index is 0.0141. The number of carbonyl (C=O) groups is 2. The number of hydrogen-bond acceptors (Lipinski definition) is 9. The summed E-state index contributed by atoms with van der Waals surface area (Å²) in [5, 5.41) is 4.86. The van der Waals surface area contributed by atoms with Crippen molar-refractivity contribution in [1.82, 2.24) is 20.2 Å². The third kappa shape index (κ3) is 9.37. The number of alkyl carbamates (subject to hydrolysis) is 1. The number of benzene rings is 2. The molecule has 2 atom stereocenters. The number of carbonyl (C=O) groups excluding carboxylic acids is 2. The average Bonchev–Trinajstić information content (AvgIpc) is 3.46. The van der Waals surface area contributed by atoms with Crippen molar-refractivity contribution >= 4 is 47.6 Å². The molecule has 4 aromatic rings. The summed E-state index contributed by atoms with van der Waals surface area (Å²) < 4.78 is 57.3. The molecule has 2 saturated heterocycles. The van der Waals surface area contributed by atoms with Gasteiger partial charge in [-0.25, -0.2) is 23.4 Å². The molecule has 2 bridgehead atoms. The van der Waals surface area contributed by atoms with Gasteiger partial charge in [0.15, 0.2) is 12.6 Å². The van der Waals surface area contributed by atoms with Crippen LogP contribution in [0.15, 0.2) is 36.5 Å². The number of rotatable bonds is 10. The zero-order valence-corrected chi connectivity index (χ0v) is 41.5. The van der Waals surface area contributed by atoms with E-state index in [9.17, 15) is 9.59 Å². The highest BCUT2D eigenvalue weighted by Crippen LogP contribution is 2.46. The van der Waals surface area contributed by atoms with Crippen LogP contribution in [0, 0.1) is 23.1 Å². The Kier molecular flexibility index (Phi) is 13.3. The molecule has 1 saturated carbocycles. The monoisotopic (exact) mass is 911 g/mol. The fraction of sp³-hybridized carbons (Fsp3) is 0.569. The molecule has 1 N–H and O–H groups in total. The van der Waals surface area contributed by atoms with E-state index in [4.69, 9.17) is 28.9 Å². The van der Waals surface area contributed by atoms with Crippen LogP contribution in [0.2, 0.25) is 16.6 Å². The van der Waals surface area contributed by atoms with Gasteiger partial charge in [0.05, 0.1) is 28.9 Å². The van der Waals surface area contributed by atoms with Gasteiger partial charge in [-0.3, -0.25) is 9.88 Å². The largest absolute Gasteiger partial charge is 0.468 e. The molecule has 14 heteroatoms. The first-order valence-electron chi connectivity index (χ1n) is 23.2. The van der Waals surface area contributed by atoms with E-state index in [1.54, 1.807) is 51.2 Å². The molecule has 2 unspecified atom stereocenters. The molecule has 2 aromatic heterocycles. The zero-order chi connectivity index (χ0) is 47.4. The van der Waals surface area contributed by atoms with Crippen molar-refractivity contribution in [3.8, 4) is 28.5 Å². The molecule has 4 heterocycles. The number of fused-ring (bicyclic) bond motifs is 4. The molecule has 1 aliphatic carbocycles. The molecule has 2 aliphatic heterocycles. The van der Waals surface area contributed by atoms with E-state index in [0.29, 0.717) is 81.5 Å². The predicted octanol–water partition coefficient (Wildman–Crippen LogP) is 11.8. The van der Waals surface area contributed by atoms with E-state index >= 15 is 8.78 Å².